The second-order valence-electron chi connectivity index (χ2n) is 7.82. The van der Waals surface area contributed by atoms with Gasteiger partial charge >= 0.3 is 6.09 Å². The molecule has 4 aromatic heterocycles. The third kappa shape index (κ3) is 4.12. The number of hydrogen-bond donors (Lipinski definition) is 2. The predicted molar refractivity (Wildman–Crippen MR) is 119 cm³/mol. The molecule has 0 unspecified atom stereocenters. The van der Waals surface area contributed by atoms with E-state index in [1.54, 1.807) is 35.6 Å². The number of aromatic nitrogens is 6. The molecule has 4 aromatic rings. The first-order valence-electron chi connectivity index (χ1n) is 10.7. The first-order chi connectivity index (χ1) is 16.1. The highest BCUT2D eigenvalue weighted by atomic mass is 16.6. The van der Waals surface area contributed by atoms with Crippen LogP contribution in [-0.2, 0) is 0 Å². The lowest BCUT2D eigenvalue weighted by molar-refractivity contribution is 0.102. The van der Waals surface area contributed by atoms with Gasteiger partial charge in [-0.2, -0.15) is 5.10 Å². The molecule has 33 heavy (non-hydrogen) atoms. The zero-order chi connectivity index (χ0) is 22.8. The van der Waals surface area contributed by atoms with Crippen LogP contribution in [0.15, 0.2) is 43.0 Å². The Morgan fingerprint density at radius 2 is 1.97 bits per heavy atom. The summed E-state index contributed by atoms with van der Waals surface area (Å²) in [6, 6.07) is 5.39. The number of amides is 2. The third-order valence-corrected chi connectivity index (χ3v) is 5.46. The Morgan fingerprint density at radius 3 is 2.76 bits per heavy atom. The molecule has 1 saturated heterocycles. The molecule has 2 N–H and O–H groups in total. The molecule has 0 aromatic carbocycles. The van der Waals surface area contributed by atoms with Gasteiger partial charge in [0.15, 0.2) is 5.65 Å². The maximum Gasteiger partial charge on any atom is 0.416 e. The minimum absolute atomic E-state index is 0.0511. The standard InChI is InChI=1S/C22H22N8O3/c1-14-6-7-16(24-12-14)17-18(26-20(31)15-13-25-30-11-5-8-23-19(15)30)27-28-21(17)33-22(32)29-9-3-2-4-10-29/h5-8,11-13H,2-4,9-10H2,1H3,(H2,26,27,28,31). The van der Waals surface area contributed by atoms with Crippen molar-refractivity contribution >= 4 is 23.5 Å². The first kappa shape index (κ1) is 20.6. The Bertz CT molecular complexity index is 1300. The highest BCUT2D eigenvalue weighted by molar-refractivity contribution is 6.09. The van der Waals surface area contributed by atoms with E-state index in [9.17, 15) is 9.59 Å². The van der Waals surface area contributed by atoms with E-state index in [0.29, 0.717) is 35.6 Å². The number of anilines is 1. The molecule has 168 valence electrons. The van der Waals surface area contributed by atoms with Gasteiger partial charge in [0.2, 0.25) is 0 Å². The van der Waals surface area contributed by atoms with Gasteiger partial charge in [-0.1, -0.05) is 6.07 Å². The van der Waals surface area contributed by atoms with Gasteiger partial charge < -0.3 is 15.0 Å². The highest BCUT2D eigenvalue weighted by Crippen LogP contribution is 2.34. The van der Waals surface area contributed by atoms with Gasteiger partial charge in [0, 0.05) is 31.7 Å². The average molecular weight is 446 g/mol. The van der Waals surface area contributed by atoms with Gasteiger partial charge in [0.1, 0.15) is 16.9 Å². The topological polar surface area (TPSA) is 130 Å². The monoisotopic (exact) mass is 446 g/mol. The molecule has 11 nitrogen and oxygen atoms in total. The number of aryl methyl sites for hydroxylation is 1. The number of H-pyrrole nitrogens is 1. The van der Waals surface area contributed by atoms with Crippen molar-refractivity contribution in [2.45, 2.75) is 26.2 Å². The first-order valence-corrected chi connectivity index (χ1v) is 10.7. The van der Waals surface area contributed by atoms with E-state index in [1.807, 2.05) is 13.0 Å². The van der Waals surface area contributed by atoms with E-state index in [4.69, 9.17) is 4.74 Å². The summed E-state index contributed by atoms with van der Waals surface area (Å²) in [5, 5.41) is 13.9. The van der Waals surface area contributed by atoms with Gasteiger partial charge in [-0.15, -0.1) is 5.10 Å². The molecule has 0 atom stereocenters. The number of piperidine rings is 1. The molecule has 0 aliphatic carbocycles. The van der Waals surface area contributed by atoms with Gasteiger partial charge in [-0.05, 0) is 43.9 Å². The van der Waals surface area contributed by atoms with Crippen LogP contribution in [0, 0.1) is 6.92 Å². The number of carbonyl (C=O) groups is 2. The predicted octanol–water partition coefficient (Wildman–Crippen LogP) is 3.06. The largest absolute Gasteiger partial charge is 0.416 e. The lowest BCUT2D eigenvalue weighted by Crippen LogP contribution is -2.37. The normalized spacial score (nSPS) is 13.8. The zero-order valence-corrected chi connectivity index (χ0v) is 18.0. The van der Waals surface area contributed by atoms with Crippen LogP contribution in [0.25, 0.3) is 16.9 Å². The van der Waals surface area contributed by atoms with Crippen LogP contribution in [0.1, 0.15) is 35.2 Å². The summed E-state index contributed by atoms with van der Waals surface area (Å²) in [4.78, 5) is 36.0. The second kappa shape index (κ2) is 8.69. The molecule has 1 fully saturated rings. The van der Waals surface area contributed by atoms with Gasteiger partial charge in [-0.25, -0.2) is 14.3 Å². The molecular weight excluding hydrogens is 424 g/mol. The SMILES string of the molecule is Cc1ccc(-c2c(OC(=O)N3CCCCC3)n[nH]c2NC(=O)c2cnn3cccnc23)nc1. The molecule has 2 amide bonds. The van der Waals surface area contributed by atoms with Gasteiger partial charge in [0.25, 0.3) is 11.8 Å². The van der Waals surface area contributed by atoms with E-state index in [1.165, 1.54) is 10.7 Å². The van der Waals surface area contributed by atoms with Crippen LogP contribution in [0.5, 0.6) is 5.88 Å². The number of nitrogens with zero attached hydrogens (tertiary/aromatic N) is 6. The van der Waals surface area contributed by atoms with Crippen LogP contribution >= 0.6 is 0 Å². The number of nitrogens with one attached hydrogen (secondary N) is 2. The molecule has 1 aliphatic heterocycles. The van der Waals surface area contributed by atoms with Crippen molar-refractivity contribution in [3.63, 3.8) is 0 Å². The Balaban J connectivity index is 1.47. The summed E-state index contributed by atoms with van der Waals surface area (Å²) in [6.07, 6.45) is 8.93. The minimum atomic E-state index is -0.473. The van der Waals surface area contributed by atoms with Crippen molar-refractivity contribution in [2.24, 2.45) is 0 Å². The minimum Gasteiger partial charge on any atom is -0.389 e. The van der Waals surface area contributed by atoms with Crippen LogP contribution in [-0.4, -0.2) is 59.8 Å². The fourth-order valence-corrected chi connectivity index (χ4v) is 3.74. The maximum absolute atomic E-state index is 13.0. The molecule has 5 rings (SSSR count). The second-order valence-corrected chi connectivity index (χ2v) is 7.82. The van der Waals surface area contributed by atoms with Crippen molar-refractivity contribution in [3.8, 4) is 17.1 Å². The fraction of sp³-hybridized carbons (Fsp3) is 0.273. The summed E-state index contributed by atoms with van der Waals surface area (Å²) < 4.78 is 7.13. The van der Waals surface area contributed by atoms with Crippen molar-refractivity contribution in [1.29, 1.82) is 0 Å². The fourth-order valence-electron chi connectivity index (χ4n) is 3.74. The van der Waals surface area contributed by atoms with E-state index < -0.39 is 12.0 Å². The Labute approximate surface area is 188 Å². The third-order valence-electron chi connectivity index (χ3n) is 5.46. The molecule has 1 aliphatic rings. The highest BCUT2D eigenvalue weighted by Gasteiger charge is 2.26. The van der Waals surface area contributed by atoms with Crippen LogP contribution in [0.3, 0.4) is 0 Å². The van der Waals surface area contributed by atoms with E-state index in [-0.39, 0.29) is 11.7 Å². The molecule has 11 heteroatoms. The Kier molecular flexibility index (Phi) is 5.43. The summed E-state index contributed by atoms with van der Waals surface area (Å²) >= 11 is 0. The summed E-state index contributed by atoms with van der Waals surface area (Å²) in [6.45, 7) is 3.21. The number of likely N-dealkylation sites (tertiary alicyclic amines) is 1. The number of pyridine rings is 1. The molecule has 0 saturated carbocycles. The molecule has 0 bridgehead atoms. The molecule has 0 radical (unpaired) electrons. The summed E-state index contributed by atoms with van der Waals surface area (Å²) in [5.74, 6) is -0.127. The maximum atomic E-state index is 13.0. The van der Waals surface area contributed by atoms with Crippen molar-refractivity contribution in [3.05, 3.63) is 54.1 Å². The van der Waals surface area contributed by atoms with Gasteiger partial charge in [-0.3, -0.25) is 14.9 Å². The number of carbonyl (C=O) groups excluding carboxylic acids is 2. The van der Waals surface area contributed by atoms with Gasteiger partial charge in [0.05, 0.1) is 11.9 Å². The number of rotatable bonds is 4. The van der Waals surface area contributed by atoms with E-state index >= 15 is 0 Å². The molecular formula is C22H22N8O3. The molecule has 0 spiro atoms. The summed E-state index contributed by atoms with van der Waals surface area (Å²) in [5.41, 5.74) is 2.57. The Morgan fingerprint density at radius 1 is 1.12 bits per heavy atom. The lowest BCUT2D eigenvalue weighted by atomic mass is 10.1. The van der Waals surface area contributed by atoms with Crippen molar-refractivity contribution < 1.29 is 14.3 Å². The van der Waals surface area contributed by atoms with Crippen LogP contribution in [0.2, 0.25) is 0 Å². The lowest BCUT2D eigenvalue weighted by Gasteiger charge is -2.25. The van der Waals surface area contributed by atoms with Crippen LogP contribution < -0.4 is 10.1 Å². The number of fused-ring (bicyclic) bond motifs is 1. The Hall–Kier alpha value is -4.28. The number of aromatic amines is 1. The zero-order valence-electron chi connectivity index (χ0n) is 18.0. The number of ether oxygens (including phenoxy) is 1. The average Bonchev–Trinajstić information content (AvgIpc) is 3.44. The van der Waals surface area contributed by atoms with Crippen molar-refractivity contribution in [1.82, 2.24) is 34.7 Å². The van der Waals surface area contributed by atoms with E-state index in [0.717, 1.165) is 24.8 Å². The van der Waals surface area contributed by atoms with Crippen molar-refractivity contribution in [2.75, 3.05) is 18.4 Å². The molecule has 5 heterocycles. The number of hydrogen-bond acceptors (Lipinski definition) is 7. The van der Waals surface area contributed by atoms with Crippen LogP contribution in [0.4, 0.5) is 10.6 Å². The smallest absolute Gasteiger partial charge is 0.389 e. The van der Waals surface area contributed by atoms with E-state index in [2.05, 4.69) is 30.6 Å². The summed E-state index contributed by atoms with van der Waals surface area (Å²) in [7, 11) is 0. The quantitative estimate of drug-likeness (QED) is 0.493.